The van der Waals surface area contributed by atoms with Gasteiger partial charge in [-0.3, -0.25) is 4.79 Å². The number of rotatable bonds is 6. The van der Waals surface area contributed by atoms with Gasteiger partial charge in [0.2, 0.25) is 5.91 Å². The molecule has 0 atom stereocenters. The lowest BCUT2D eigenvalue weighted by Gasteiger charge is -2.28. The van der Waals surface area contributed by atoms with E-state index in [-0.39, 0.29) is 41.8 Å². The minimum Gasteiger partial charge on any atom is -0.355 e. The first-order valence-electron chi connectivity index (χ1n) is 9.17. The summed E-state index contributed by atoms with van der Waals surface area (Å²) in [4.78, 5) is 19.4. The van der Waals surface area contributed by atoms with Gasteiger partial charge in [-0.1, -0.05) is 39.2 Å². The summed E-state index contributed by atoms with van der Waals surface area (Å²) in [7, 11) is 3.53. The van der Waals surface area contributed by atoms with Gasteiger partial charge in [0.25, 0.3) is 0 Å². The molecule has 2 N–H and O–H groups in total. The molecule has 0 bridgehead atoms. The fraction of sp³-hybridized carbons (Fsp3) is 0.684. The van der Waals surface area contributed by atoms with Crippen LogP contribution in [0.1, 0.15) is 50.8 Å². The number of hydrogen-bond donors (Lipinski definition) is 2. The minimum atomic E-state index is 0. The Bertz CT molecular complexity index is 566. The summed E-state index contributed by atoms with van der Waals surface area (Å²) in [6.45, 7) is 5.42. The van der Waals surface area contributed by atoms with E-state index in [1.807, 2.05) is 0 Å². The van der Waals surface area contributed by atoms with E-state index < -0.39 is 0 Å². The van der Waals surface area contributed by atoms with Crippen molar-refractivity contribution >= 4 is 47.2 Å². The summed E-state index contributed by atoms with van der Waals surface area (Å²) < 4.78 is 0. The first kappa shape index (κ1) is 23.2. The molecule has 1 aromatic rings. The molecule has 1 amide bonds. The molecule has 26 heavy (non-hydrogen) atoms. The molecule has 0 unspecified atom stereocenters. The Hall–Kier alpha value is -0.830. The number of guanidine groups is 1. The third-order valence-electron chi connectivity index (χ3n) is 4.70. The van der Waals surface area contributed by atoms with Gasteiger partial charge in [-0.05, 0) is 24.3 Å². The normalized spacial score (nSPS) is 15.9. The van der Waals surface area contributed by atoms with Gasteiger partial charge in [-0.2, -0.15) is 0 Å². The Balaban J connectivity index is 0.00000338. The van der Waals surface area contributed by atoms with Crippen LogP contribution in [0.4, 0.5) is 0 Å². The van der Waals surface area contributed by atoms with Crippen LogP contribution >= 0.6 is 35.3 Å². The molecule has 1 aliphatic rings. The standard InChI is InChI=1S/C19H32N4OS.HI/c1-19(2,16-11-8-12-25-16)14-21-18(20-13-17(24)23(3)4)22-15-9-6-5-7-10-15;/h8,11-12,15H,5-7,9-10,13-14H2,1-4H3,(H2,20,21,22);1H. The second-order valence-electron chi connectivity index (χ2n) is 7.65. The van der Waals surface area contributed by atoms with Crippen molar-refractivity contribution in [3.8, 4) is 0 Å². The van der Waals surface area contributed by atoms with Gasteiger partial charge < -0.3 is 15.5 Å². The Morgan fingerprint density at radius 3 is 2.58 bits per heavy atom. The average molecular weight is 492 g/mol. The molecule has 0 aliphatic heterocycles. The van der Waals surface area contributed by atoms with Crippen molar-refractivity contribution in [2.75, 3.05) is 27.2 Å². The number of halogens is 1. The van der Waals surface area contributed by atoms with Crippen molar-refractivity contribution in [3.05, 3.63) is 22.4 Å². The van der Waals surface area contributed by atoms with Crippen LogP contribution in [0.25, 0.3) is 0 Å². The Kier molecular flexibility index (Phi) is 9.92. The number of amides is 1. The molecule has 1 aromatic heterocycles. The van der Waals surface area contributed by atoms with Crippen LogP contribution in [-0.4, -0.2) is 50.0 Å². The number of carbonyl (C=O) groups excluding carboxylic acids is 1. The zero-order valence-electron chi connectivity index (χ0n) is 16.4. The van der Waals surface area contributed by atoms with Crippen molar-refractivity contribution in [2.45, 2.75) is 57.4 Å². The number of carbonyl (C=O) groups is 1. The third-order valence-corrected chi connectivity index (χ3v) is 5.94. The Morgan fingerprint density at radius 2 is 2.00 bits per heavy atom. The third kappa shape index (κ3) is 7.42. The molecule has 0 aromatic carbocycles. The molecular weight excluding hydrogens is 459 g/mol. The lowest BCUT2D eigenvalue weighted by molar-refractivity contribution is -0.127. The topological polar surface area (TPSA) is 56.7 Å². The maximum absolute atomic E-state index is 11.9. The molecule has 1 aliphatic carbocycles. The number of nitrogens with zero attached hydrogens (tertiary/aromatic N) is 2. The quantitative estimate of drug-likeness (QED) is 0.363. The molecule has 0 spiro atoms. The molecule has 1 saturated carbocycles. The Morgan fingerprint density at radius 1 is 1.31 bits per heavy atom. The monoisotopic (exact) mass is 492 g/mol. The lowest BCUT2D eigenvalue weighted by Crippen LogP contribution is -2.48. The predicted molar refractivity (Wildman–Crippen MR) is 122 cm³/mol. The summed E-state index contributed by atoms with van der Waals surface area (Å²) >= 11 is 1.78. The largest absolute Gasteiger partial charge is 0.355 e. The summed E-state index contributed by atoms with van der Waals surface area (Å²) in [5.74, 6) is 0.772. The molecule has 148 valence electrons. The van der Waals surface area contributed by atoms with Crippen LogP contribution in [0.3, 0.4) is 0 Å². The highest BCUT2D eigenvalue weighted by Crippen LogP contribution is 2.26. The molecule has 1 fully saturated rings. The number of hydrogen-bond acceptors (Lipinski definition) is 3. The number of thiophene rings is 1. The average Bonchev–Trinajstić information content (AvgIpc) is 3.13. The van der Waals surface area contributed by atoms with E-state index in [2.05, 4.69) is 47.0 Å². The molecule has 7 heteroatoms. The van der Waals surface area contributed by atoms with Gasteiger partial charge in [-0.25, -0.2) is 4.99 Å². The lowest BCUT2D eigenvalue weighted by atomic mass is 9.91. The van der Waals surface area contributed by atoms with E-state index >= 15 is 0 Å². The van der Waals surface area contributed by atoms with Crippen molar-refractivity contribution in [1.82, 2.24) is 15.5 Å². The van der Waals surface area contributed by atoms with Gasteiger partial charge in [0, 0.05) is 37.0 Å². The predicted octanol–water partition coefficient (Wildman–Crippen LogP) is 3.60. The first-order chi connectivity index (χ1) is 11.9. The number of likely N-dealkylation sites (N-methyl/N-ethyl adjacent to an activating group) is 1. The summed E-state index contributed by atoms with van der Waals surface area (Å²) in [6.07, 6.45) is 6.21. The summed E-state index contributed by atoms with van der Waals surface area (Å²) in [5.41, 5.74) is 0.0226. The molecular formula is C19H33IN4OS. The van der Waals surface area contributed by atoms with E-state index in [1.165, 1.54) is 37.0 Å². The molecule has 2 rings (SSSR count). The fourth-order valence-corrected chi connectivity index (χ4v) is 3.79. The second kappa shape index (κ2) is 11.1. The van der Waals surface area contributed by atoms with Crippen LogP contribution in [0, 0.1) is 0 Å². The maximum Gasteiger partial charge on any atom is 0.243 e. The molecule has 0 saturated heterocycles. The second-order valence-corrected chi connectivity index (χ2v) is 8.59. The fourth-order valence-electron chi connectivity index (χ4n) is 2.94. The molecule has 5 nitrogen and oxygen atoms in total. The van der Waals surface area contributed by atoms with Gasteiger partial charge in [0.15, 0.2) is 5.96 Å². The summed E-state index contributed by atoms with van der Waals surface area (Å²) in [5, 5.41) is 9.12. The SMILES string of the molecule is CN(C)C(=O)CN=C(NCC(C)(C)c1cccs1)NC1CCCCC1.I. The molecule has 1 heterocycles. The van der Waals surface area contributed by atoms with Crippen LogP contribution in [0.2, 0.25) is 0 Å². The van der Waals surface area contributed by atoms with Crippen LogP contribution in [0.15, 0.2) is 22.5 Å². The van der Waals surface area contributed by atoms with Gasteiger partial charge in [-0.15, -0.1) is 35.3 Å². The van der Waals surface area contributed by atoms with Crippen molar-refractivity contribution in [1.29, 1.82) is 0 Å². The Labute approximate surface area is 179 Å². The zero-order chi connectivity index (χ0) is 18.3. The van der Waals surface area contributed by atoms with E-state index in [4.69, 9.17) is 0 Å². The van der Waals surface area contributed by atoms with Gasteiger partial charge in [0.1, 0.15) is 6.54 Å². The highest BCUT2D eigenvalue weighted by atomic mass is 127. The minimum absolute atomic E-state index is 0. The van der Waals surface area contributed by atoms with Crippen LogP contribution in [-0.2, 0) is 10.2 Å². The summed E-state index contributed by atoms with van der Waals surface area (Å²) in [6, 6.07) is 4.72. The van der Waals surface area contributed by atoms with Crippen molar-refractivity contribution in [2.24, 2.45) is 4.99 Å². The van der Waals surface area contributed by atoms with Crippen molar-refractivity contribution in [3.63, 3.8) is 0 Å². The highest BCUT2D eigenvalue weighted by molar-refractivity contribution is 14.0. The zero-order valence-corrected chi connectivity index (χ0v) is 19.5. The number of aliphatic imine (C=N–C) groups is 1. The van der Waals surface area contributed by atoms with Gasteiger partial charge >= 0.3 is 0 Å². The highest BCUT2D eigenvalue weighted by Gasteiger charge is 2.23. The van der Waals surface area contributed by atoms with E-state index in [9.17, 15) is 4.79 Å². The number of nitrogens with one attached hydrogen (secondary N) is 2. The maximum atomic E-state index is 11.9. The van der Waals surface area contributed by atoms with E-state index in [0.717, 1.165) is 12.5 Å². The van der Waals surface area contributed by atoms with Crippen LogP contribution in [0.5, 0.6) is 0 Å². The van der Waals surface area contributed by atoms with Gasteiger partial charge in [0.05, 0.1) is 0 Å². The van der Waals surface area contributed by atoms with Crippen LogP contribution < -0.4 is 10.6 Å². The first-order valence-corrected chi connectivity index (χ1v) is 10.1. The smallest absolute Gasteiger partial charge is 0.243 e. The van der Waals surface area contributed by atoms with Crippen molar-refractivity contribution < 1.29 is 4.79 Å². The molecule has 0 radical (unpaired) electrons. The van der Waals surface area contributed by atoms with E-state index in [0.29, 0.717) is 6.04 Å². The van der Waals surface area contributed by atoms with E-state index in [1.54, 1.807) is 30.3 Å².